The Kier molecular flexibility index (Phi) is 6.16. The fourth-order valence-electron chi connectivity index (χ4n) is 2.66. The van der Waals surface area contributed by atoms with Crippen molar-refractivity contribution in [3.05, 3.63) is 54.2 Å². The van der Waals surface area contributed by atoms with Crippen LogP contribution in [0.1, 0.15) is 12.6 Å². The Labute approximate surface area is 164 Å². The van der Waals surface area contributed by atoms with Crippen LogP contribution in [0.5, 0.6) is 17.2 Å². The van der Waals surface area contributed by atoms with Crippen molar-refractivity contribution in [1.82, 2.24) is 9.97 Å². The number of hydrogen-bond donors (Lipinski definition) is 2. The Hall–Kier alpha value is -3.48. The van der Waals surface area contributed by atoms with Gasteiger partial charge in [0.05, 0.1) is 26.5 Å². The van der Waals surface area contributed by atoms with Crippen LogP contribution >= 0.6 is 0 Å². The number of hydrogen-bond acceptors (Lipinski definition) is 7. The van der Waals surface area contributed by atoms with E-state index in [0.717, 1.165) is 22.8 Å². The molecule has 3 rings (SSSR count). The molecule has 0 spiro atoms. The quantitative estimate of drug-likeness (QED) is 0.587. The number of methoxy groups -OCH3 is 2. The fraction of sp³-hybridized carbons (Fsp3) is 0.238. The lowest BCUT2D eigenvalue weighted by atomic mass is 10.2. The lowest BCUT2D eigenvalue weighted by Crippen LogP contribution is -2.03. The van der Waals surface area contributed by atoms with Gasteiger partial charge < -0.3 is 24.8 Å². The van der Waals surface area contributed by atoms with E-state index in [0.29, 0.717) is 29.9 Å². The minimum absolute atomic E-state index is 0.469. The van der Waals surface area contributed by atoms with Gasteiger partial charge in [-0.15, -0.1) is 0 Å². The van der Waals surface area contributed by atoms with E-state index in [4.69, 9.17) is 14.2 Å². The van der Waals surface area contributed by atoms with Crippen molar-refractivity contribution in [3.63, 3.8) is 0 Å². The summed E-state index contributed by atoms with van der Waals surface area (Å²) in [6, 6.07) is 15.1. The number of aryl methyl sites for hydroxylation is 1. The molecule has 0 atom stereocenters. The third-order valence-corrected chi connectivity index (χ3v) is 3.95. The second kappa shape index (κ2) is 8.94. The number of anilines is 4. The maximum atomic E-state index is 5.47. The lowest BCUT2D eigenvalue weighted by Gasteiger charge is -2.13. The summed E-state index contributed by atoms with van der Waals surface area (Å²) >= 11 is 0. The molecule has 1 aromatic heterocycles. The SMILES string of the molecule is CCOc1ccc(Nc2cc(C)nc(Nc3ccc(OC)cc3OC)n2)cc1. The fourth-order valence-corrected chi connectivity index (χ4v) is 2.66. The van der Waals surface area contributed by atoms with Gasteiger partial charge in [0, 0.05) is 23.5 Å². The van der Waals surface area contributed by atoms with Crippen molar-refractivity contribution < 1.29 is 14.2 Å². The van der Waals surface area contributed by atoms with Crippen LogP contribution in [0.2, 0.25) is 0 Å². The summed E-state index contributed by atoms with van der Waals surface area (Å²) in [6.45, 7) is 4.52. The van der Waals surface area contributed by atoms with Crippen molar-refractivity contribution >= 4 is 23.1 Å². The highest BCUT2D eigenvalue weighted by molar-refractivity contribution is 5.66. The number of aromatic nitrogens is 2. The molecular weight excluding hydrogens is 356 g/mol. The summed E-state index contributed by atoms with van der Waals surface area (Å²) in [5.74, 6) is 3.35. The van der Waals surface area contributed by atoms with Crippen LogP contribution in [0.4, 0.5) is 23.1 Å². The van der Waals surface area contributed by atoms with Gasteiger partial charge >= 0.3 is 0 Å². The molecule has 1 heterocycles. The van der Waals surface area contributed by atoms with Gasteiger partial charge in [0.15, 0.2) is 0 Å². The van der Waals surface area contributed by atoms with Crippen LogP contribution in [0, 0.1) is 6.92 Å². The van der Waals surface area contributed by atoms with Crippen molar-refractivity contribution in [3.8, 4) is 17.2 Å². The molecule has 2 aromatic carbocycles. The molecule has 0 aliphatic heterocycles. The third kappa shape index (κ3) is 4.82. The summed E-state index contributed by atoms with van der Waals surface area (Å²) in [7, 11) is 3.22. The van der Waals surface area contributed by atoms with Crippen LogP contribution in [0.3, 0.4) is 0 Å². The average molecular weight is 380 g/mol. The Morgan fingerprint density at radius 3 is 2.29 bits per heavy atom. The molecule has 0 unspecified atom stereocenters. The molecule has 0 aliphatic rings. The van der Waals surface area contributed by atoms with E-state index in [9.17, 15) is 0 Å². The Morgan fingerprint density at radius 1 is 0.857 bits per heavy atom. The number of nitrogens with zero attached hydrogens (tertiary/aromatic N) is 2. The first-order valence-electron chi connectivity index (χ1n) is 8.96. The highest BCUT2D eigenvalue weighted by Gasteiger charge is 2.09. The van der Waals surface area contributed by atoms with E-state index >= 15 is 0 Å². The molecule has 0 radical (unpaired) electrons. The lowest BCUT2D eigenvalue weighted by molar-refractivity contribution is 0.340. The molecule has 0 fully saturated rings. The molecule has 7 nitrogen and oxygen atoms in total. The van der Waals surface area contributed by atoms with E-state index in [1.54, 1.807) is 20.3 Å². The summed E-state index contributed by atoms with van der Waals surface area (Å²) < 4.78 is 16.1. The molecule has 0 aliphatic carbocycles. The summed E-state index contributed by atoms with van der Waals surface area (Å²) in [4.78, 5) is 9.01. The smallest absolute Gasteiger partial charge is 0.229 e. The summed E-state index contributed by atoms with van der Waals surface area (Å²) in [5, 5.41) is 6.49. The first-order valence-corrected chi connectivity index (χ1v) is 8.96. The average Bonchev–Trinajstić information content (AvgIpc) is 2.69. The van der Waals surface area contributed by atoms with Crippen LogP contribution in [0.15, 0.2) is 48.5 Å². The molecule has 0 bridgehead atoms. The minimum atomic E-state index is 0.469. The first kappa shape index (κ1) is 19.3. The number of nitrogens with one attached hydrogen (secondary N) is 2. The highest BCUT2D eigenvalue weighted by atomic mass is 16.5. The molecule has 3 aromatic rings. The summed E-state index contributed by atoms with van der Waals surface area (Å²) in [6.07, 6.45) is 0. The highest BCUT2D eigenvalue weighted by Crippen LogP contribution is 2.31. The second-order valence-corrected chi connectivity index (χ2v) is 5.99. The maximum Gasteiger partial charge on any atom is 0.229 e. The molecule has 0 amide bonds. The second-order valence-electron chi connectivity index (χ2n) is 5.99. The zero-order valence-corrected chi connectivity index (χ0v) is 16.4. The van der Waals surface area contributed by atoms with Crippen molar-refractivity contribution in [2.24, 2.45) is 0 Å². The van der Waals surface area contributed by atoms with Gasteiger partial charge in [-0.25, -0.2) is 4.98 Å². The van der Waals surface area contributed by atoms with Gasteiger partial charge in [0.1, 0.15) is 23.1 Å². The van der Waals surface area contributed by atoms with Gasteiger partial charge in [-0.1, -0.05) is 0 Å². The van der Waals surface area contributed by atoms with E-state index in [-0.39, 0.29) is 0 Å². The Bertz CT molecular complexity index is 929. The zero-order valence-electron chi connectivity index (χ0n) is 16.4. The largest absolute Gasteiger partial charge is 0.497 e. The van der Waals surface area contributed by atoms with Gasteiger partial charge in [0.2, 0.25) is 5.95 Å². The standard InChI is InChI=1S/C21H24N4O3/c1-5-28-16-8-6-15(7-9-16)23-20-12-14(2)22-21(25-20)24-18-11-10-17(26-3)13-19(18)27-4/h6-13H,5H2,1-4H3,(H2,22,23,24,25). The number of benzene rings is 2. The molecule has 146 valence electrons. The molecule has 2 N–H and O–H groups in total. The molecule has 0 saturated heterocycles. The van der Waals surface area contributed by atoms with Crippen molar-refractivity contribution in [2.45, 2.75) is 13.8 Å². The minimum Gasteiger partial charge on any atom is -0.497 e. The zero-order chi connectivity index (χ0) is 19.9. The Balaban J connectivity index is 1.80. The topological polar surface area (TPSA) is 77.5 Å². The van der Waals surface area contributed by atoms with Crippen LogP contribution in [0.25, 0.3) is 0 Å². The predicted molar refractivity (Wildman–Crippen MR) is 110 cm³/mol. The van der Waals surface area contributed by atoms with Crippen molar-refractivity contribution in [2.75, 3.05) is 31.5 Å². The van der Waals surface area contributed by atoms with E-state index in [2.05, 4.69) is 20.6 Å². The third-order valence-electron chi connectivity index (χ3n) is 3.95. The number of rotatable bonds is 8. The predicted octanol–water partition coefficient (Wildman–Crippen LogP) is 4.69. The van der Waals surface area contributed by atoms with E-state index in [1.807, 2.05) is 56.3 Å². The van der Waals surface area contributed by atoms with E-state index < -0.39 is 0 Å². The Morgan fingerprint density at radius 2 is 1.61 bits per heavy atom. The van der Waals surface area contributed by atoms with E-state index in [1.165, 1.54) is 0 Å². The maximum absolute atomic E-state index is 5.47. The van der Waals surface area contributed by atoms with Gasteiger partial charge in [-0.05, 0) is 50.2 Å². The molecule has 0 saturated carbocycles. The van der Waals surface area contributed by atoms with Crippen LogP contribution in [-0.2, 0) is 0 Å². The van der Waals surface area contributed by atoms with Gasteiger partial charge in [-0.2, -0.15) is 4.98 Å². The van der Waals surface area contributed by atoms with Crippen LogP contribution < -0.4 is 24.8 Å². The monoisotopic (exact) mass is 380 g/mol. The van der Waals surface area contributed by atoms with Gasteiger partial charge in [0.25, 0.3) is 0 Å². The summed E-state index contributed by atoms with van der Waals surface area (Å²) in [5.41, 5.74) is 2.49. The molecule has 28 heavy (non-hydrogen) atoms. The van der Waals surface area contributed by atoms with Gasteiger partial charge in [-0.3, -0.25) is 0 Å². The van der Waals surface area contributed by atoms with Crippen molar-refractivity contribution in [1.29, 1.82) is 0 Å². The normalized spacial score (nSPS) is 10.3. The molecule has 7 heteroatoms. The first-order chi connectivity index (χ1) is 13.6. The van der Waals surface area contributed by atoms with Crippen LogP contribution in [-0.4, -0.2) is 30.8 Å². The molecular formula is C21H24N4O3. The number of ether oxygens (including phenoxy) is 3.